The van der Waals surface area contributed by atoms with Gasteiger partial charge in [-0.3, -0.25) is 0 Å². The second-order valence-electron chi connectivity index (χ2n) is 15.1. The molecular weight excluding hydrogens is 705 g/mol. The smallest absolute Gasteiger partial charge is 0.140 e. The van der Waals surface area contributed by atoms with Gasteiger partial charge < -0.3 is 9.13 Å². The number of aromatic nitrogens is 4. The maximum Gasteiger partial charge on any atom is 0.140 e. The van der Waals surface area contributed by atoms with Crippen molar-refractivity contribution in [2.75, 3.05) is 0 Å². The largest absolute Gasteiger partial charge is 0.327 e. The Hall–Kier alpha value is -7.56. The summed E-state index contributed by atoms with van der Waals surface area (Å²) in [4.78, 5) is 10.1. The van der Waals surface area contributed by atoms with Crippen molar-refractivity contribution in [3.05, 3.63) is 194 Å². The molecule has 9 aromatic carbocycles. The Morgan fingerprint density at radius 1 is 0.310 bits per heavy atom. The molecule has 0 aliphatic rings. The first kappa shape index (κ1) is 33.8. The Balaban J connectivity index is 1.18. The van der Waals surface area contributed by atoms with Crippen molar-refractivity contribution in [1.82, 2.24) is 19.1 Å². The van der Waals surface area contributed by atoms with Crippen molar-refractivity contribution in [2.24, 2.45) is 14.1 Å². The van der Waals surface area contributed by atoms with Crippen molar-refractivity contribution >= 4 is 43.6 Å². The molecule has 0 aliphatic heterocycles. The van der Waals surface area contributed by atoms with Crippen LogP contribution in [0, 0.1) is 0 Å². The van der Waals surface area contributed by atoms with E-state index in [0.717, 1.165) is 56.0 Å². The summed E-state index contributed by atoms with van der Waals surface area (Å²) in [5, 5.41) is 4.85. The second kappa shape index (κ2) is 13.6. The second-order valence-corrected chi connectivity index (χ2v) is 15.1. The van der Waals surface area contributed by atoms with Crippen LogP contribution in [0.2, 0.25) is 0 Å². The molecule has 0 amide bonds. The van der Waals surface area contributed by atoms with Gasteiger partial charge in [0.25, 0.3) is 0 Å². The van der Waals surface area contributed by atoms with E-state index in [9.17, 15) is 0 Å². The van der Waals surface area contributed by atoms with Gasteiger partial charge in [-0.2, -0.15) is 0 Å². The Bertz CT molecular complexity index is 3160. The minimum atomic E-state index is 0.961. The monoisotopic (exact) mass is 742 g/mol. The number of rotatable bonds is 6. The Kier molecular flexibility index (Phi) is 7.90. The molecule has 0 spiro atoms. The fraction of sp³-hybridized carbons (Fsp3) is 0.0370. The highest BCUT2D eigenvalue weighted by molar-refractivity contribution is 6.20. The van der Waals surface area contributed by atoms with Crippen molar-refractivity contribution in [3.8, 4) is 67.3 Å². The molecule has 0 N–H and O–H groups in total. The van der Waals surface area contributed by atoms with Crippen molar-refractivity contribution in [1.29, 1.82) is 0 Å². The van der Waals surface area contributed by atoms with E-state index >= 15 is 0 Å². The molecule has 58 heavy (non-hydrogen) atoms. The van der Waals surface area contributed by atoms with Gasteiger partial charge in [-0.15, -0.1) is 0 Å². The standard InChI is InChI=1S/C54H38N4/c1-57-50-32-38(28-30-48(50)55-53(57)36-18-8-4-9-19-36)41-24-14-26-44-46(41)34-47-42(39-29-31-49-51(33-39)58(2)54(56-49)37-20-10-5-11-21-37)25-15-27-45(47)52(44)43-23-13-12-22-40(43)35-16-6-3-7-17-35/h3-34H,1-2H3. The van der Waals surface area contributed by atoms with Crippen LogP contribution < -0.4 is 0 Å². The third-order valence-corrected chi connectivity index (χ3v) is 11.8. The Labute approximate surface area is 337 Å². The normalized spacial score (nSPS) is 11.6. The predicted molar refractivity (Wildman–Crippen MR) is 243 cm³/mol. The third kappa shape index (κ3) is 5.45. The van der Waals surface area contributed by atoms with Crippen molar-refractivity contribution in [3.63, 3.8) is 0 Å². The van der Waals surface area contributed by atoms with Crippen LogP contribution in [0.4, 0.5) is 0 Å². The predicted octanol–water partition coefficient (Wildman–Crippen LogP) is 13.8. The summed E-state index contributed by atoms with van der Waals surface area (Å²) in [5.74, 6) is 1.92. The van der Waals surface area contributed by atoms with Gasteiger partial charge in [0.1, 0.15) is 11.6 Å². The van der Waals surface area contributed by atoms with E-state index in [0.29, 0.717) is 0 Å². The van der Waals surface area contributed by atoms with E-state index < -0.39 is 0 Å². The molecule has 4 heteroatoms. The highest BCUT2D eigenvalue weighted by Crippen LogP contribution is 2.46. The molecule has 0 saturated carbocycles. The fourth-order valence-electron chi connectivity index (χ4n) is 8.94. The quantitative estimate of drug-likeness (QED) is 0.159. The number of nitrogens with zero attached hydrogens (tertiary/aromatic N) is 4. The lowest BCUT2D eigenvalue weighted by Gasteiger charge is -2.19. The van der Waals surface area contributed by atoms with Crippen LogP contribution in [0.3, 0.4) is 0 Å². The van der Waals surface area contributed by atoms with Gasteiger partial charge in [0.05, 0.1) is 22.1 Å². The van der Waals surface area contributed by atoms with E-state index in [1.807, 2.05) is 12.1 Å². The van der Waals surface area contributed by atoms with Gasteiger partial charge in [0, 0.05) is 25.2 Å². The SMILES string of the molecule is Cn1c(-c2ccccc2)nc2ccc(-c3cccc4c(-c5ccccc5-c5ccccc5)c5cccc(-c6ccc7nc(-c8ccccc8)n(C)c7c6)c5cc34)cc21. The van der Waals surface area contributed by atoms with Crippen LogP contribution >= 0.6 is 0 Å². The van der Waals surface area contributed by atoms with Crippen LogP contribution in [0.5, 0.6) is 0 Å². The summed E-state index contributed by atoms with van der Waals surface area (Å²) in [6, 6.07) is 69.9. The number of benzene rings is 9. The zero-order valence-corrected chi connectivity index (χ0v) is 32.3. The van der Waals surface area contributed by atoms with Crippen molar-refractivity contribution in [2.45, 2.75) is 0 Å². The van der Waals surface area contributed by atoms with Gasteiger partial charge in [-0.25, -0.2) is 9.97 Å². The van der Waals surface area contributed by atoms with Crippen LogP contribution in [0.1, 0.15) is 0 Å². The highest BCUT2D eigenvalue weighted by Gasteiger charge is 2.20. The molecule has 11 aromatic rings. The van der Waals surface area contributed by atoms with E-state index in [1.54, 1.807) is 0 Å². The lowest BCUT2D eigenvalue weighted by Crippen LogP contribution is -1.94. The third-order valence-electron chi connectivity index (χ3n) is 11.8. The number of hydrogen-bond donors (Lipinski definition) is 0. The maximum atomic E-state index is 5.06. The minimum Gasteiger partial charge on any atom is -0.327 e. The summed E-state index contributed by atoms with van der Waals surface area (Å²) in [6.45, 7) is 0. The van der Waals surface area contributed by atoms with Gasteiger partial charge in [0.15, 0.2) is 0 Å². The summed E-state index contributed by atoms with van der Waals surface area (Å²) in [7, 11) is 4.23. The lowest BCUT2D eigenvalue weighted by molar-refractivity contribution is 0.959. The average molecular weight is 743 g/mol. The van der Waals surface area contributed by atoms with E-state index in [-0.39, 0.29) is 0 Å². The molecule has 0 atom stereocenters. The molecule has 2 heterocycles. The number of fused-ring (bicyclic) bond motifs is 4. The zero-order chi connectivity index (χ0) is 38.7. The first-order chi connectivity index (χ1) is 28.6. The van der Waals surface area contributed by atoms with Crippen LogP contribution in [-0.4, -0.2) is 19.1 Å². The van der Waals surface area contributed by atoms with Crippen molar-refractivity contribution < 1.29 is 0 Å². The van der Waals surface area contributed by atoms with Gasteiger partial charge >= 0.3 is 0 Å². The fourth-order valence-corrected chi connectivity index (χ4v) is 8.94. The lowest BCUT2D eigenvalue weighted by atomic mass is 9.84. The first-order valence-electron chi connectivity index (χ1n) is 19.8. The molecule has 0 fully saturated rings. The maximum absolute atomic E-state index is 5.06. The first-order valence-corrected chi connectivity index (χ1v) is 19.8. The number of aryl methyl sites for hydroxylation is 2. The minimum absolute atomic E-state index is 0.961. The summed E-state index contributed by atoms with van der Waals surface area (Å²) < 4.78 is 4.43. The molecule has 11 rings (SSSR count). The topological polar surface area (TPSA) is 35.6 Å². The molecular formula is C54H38N4. The molecule has 0 bridgehead atoms. The van der Waals surface area contributed by atoms with E-state index in [4.69, 9.17) is 9.97 Å². The van der Waals surface area contributed by atoms with Crippen LogP contribution in [0.25, 0.3) is 111 Å². The van der Waals surface area contributed by atoms with Gasteiger partial charge in [0.2, 0.25) is 0 Å². The highest BCUT2D eigenvalue weighted by atomic mass is 15.1. The van der Waals surface area contributed by atoms with Gasteiger partial charge in [-0.1, -0.05) is 164 Å². The molecule has 0 saturated heterocycles. The Morgan fingerprint density at radius 3 is 1.21 bits per heavy atom. The van der Waals surface area contributed by atoms with E-state index in [1.165, 1.54) is 54.9 Å². The number of hydrogen-bond acceptors (Lipinski definition) is 2. The van der Waals surface area contributed by atoms with Crippen LogP contribution in [-0.2, 0) is 14.1 Å². The van der Waals surface area contributed by atoms with Crippen LogP contribution in [0.15, 0.2) is 194 Å². The van der Waals surface area contributed by atoms with Gasteiger partial charge in [-0.05, 0) is 96.4 Å². The molecule has 4 nitrogen and oxygen atoms in total. The molecule has 2 aromatic heterocycles. The molecule has 0 aliphatic carbocycles. The average Bonchev–Trinajstić information content (AvgIpc) is 3.80. The number of imidazole rings is 2. The molecule has 0 unspecified atom stereocenters. The zero-order valence-electron chi connectivity index (χ0n) is 32.3. The summed E-state index contributed by atoms with van der Waals surface area (Å²) >= 11 is 0. The summed E-state index contributed by atoms with van der Waals surface area (Å²) in [6.07, 6.45) is 0. The Morgan fingerprint density at radius 2 is 0.724 bits per heavy atom. The summed E-state index contributed by atoms with van der Waals surface area (Å²) in [5.41, 5.74) is 15.9. The molecule has 0 radical (unpaired) electrons. The van der Waals surface area contributed by atoms with E-state index in [2.05, 4.69) is 205 Å². The molecule has 274 valence electrons.